The summed E-state index contributed by atoms with van der Waals surface area (Å²) >= 11 is 0. The number of amidine groups is 2. The van der Waals surface area contributed by atoms with E-state index in [2.05, 4.69) is 65.0 Å². The van der Waals surface area contributed by atoms with Crippen molar-refractivity contribution in [3.63, 3.8) is 0 Å². The minimum atomic E-state index is -1.52. The Hall–Kier alpha value is -2.58. The number of hydrogen-bond acceptors (Lipinski definition) is 4. The van der Waals surface area contributed by atoms with Crippen molar-refractivity contribution in [2.24, 2.45) is 0 Å². The van der Waals surface area contributed by atoms with Crippen LogP contribution in [0.5, 0.6) is 0 Å². The summed E-state index contributed by atoms with van der Waals surface area (Å²) < 4.78 is 4.69. The van der Waals surface area contributed by atoms with Gasteiger partial charge in [0.15, 0.2) is 0 Å². The van der Waals surface area contributed by atoms with Crippen LogP contribution >= 0.6 is 0 Å². The van der Waals surface area contributed by atoms with Crippen molar-refractivity contribution in [2.45, 2.75) is 39.8 Å². The van der Waals surface area contributed by atoms with E-state index in [1.165, 1.54) is 36.9 Å². The first-order valence-electron chi connectivity index (χ1n) is 10.2. The Kier molecular flexibility index (Phi) is 9.32. The molecule has 2 aliphatic rings. The Morgan fingerprint density at radius 1 is 0.833 bits per heavy atom. The van der Waals surface area contributed by atoms with Crippen LogP contribution in [0, 0.1) is 0 Å². The van der Waals surface area contributed by atoms with Crippen molar-refractivity contribution in [3.8, 4) is 0 Å². The molecule has 8 heteroatoms. The van der Waals surface area contributed by atoms with Gasteiger partial charge >= 0.3 is 11.7 Å². The lowest BCUT2D eigenvalue weighted by Crippen LogP contribution is -3.10. The molecule has 30 heavy (non-hydrogen) atoms. The molecule has 2 aliphatic heterocycles. The molecule has 4 atom stereocenters. The van der Waals surface area contributed by atoms with Gasteiger partial charge in [0.05, 0.1) is 39.9 Å². The molecular formula is C22H36N4O4+2. The topological polar surface area (TPSA) is 95.2 Å². The first-order valence-corrected chi connectivity index (χ1v) is 10.2. The summed E-state index contributed by atoms with van der Waals surface area (Å²) in [5, 5.41) is 20.6. The van der Waals surface area contributed by atoms with Crippen molar-refractivity contribution in [1.82, 2.24) is 0 Å². The Balaban J connectivity index is 0.000000229. The molecule has 0 aromatic heterocycles. The van der Waals surface area contributed by atoms with E-state index >= 15 is 0 Å². The predicted molar refractivity (Wildman–Crippen MR) is 111 cm³/mol. The van der Waals surface area contributed by atoms with Gasteiger partial charge in [0.2, 0.25) is 12.1 Å². The van der Waals surface area contributed by atoms with Gasteiger partial charge in [0.25, 0.3) is 0 Å². The lowest BCUT2D eigenvalue weighted by atomic mass is 10.1. The fourth-order valence-electron chi connectivity index (χ4n) is 3.56. The highest BCUT2D eigenvalue weighted by Crippen LogP contribution is 2.05. The monoisotopic (exact) mass is 420 g/mol. The van der Waals surface area contributed by atoms with Crippen LogP contribution in [-0.4, -0.2) is 86.1 Å². The Labute approximate surface area is 179 Å². The third-order valence-corrected chi connectivity index (χ3v) is 6.19. The van der Waals surface area contributed by atoms with Gasteiger partial charge in [-0.3, -0.25) is 0 Å². The van der Waals surface area contributed by atoms with Crippen LogP contribution in [-0.2, 0) is 0 Å². The normalized spacial score (nSPS) is 25.3. The van der Waals surface area contributed by atoms with E-state index < -0.39 is 11.9 Å². The van der Waals surface area contributed by atoms with Crippen molar-refractivity contribution in [2.75, 3.05) is 41.3 Å². The van der Waals surface area contributed by atoms with Gasteiger partial charge in [0, 0.05) is 25.0 Å². The number of carbonyl (C=O) groups is 2. The molecule has 4 unspecified atom stereocenters. The van der Waals surface area contributed by atoms with Gasteiger partial charge in [-0.15, -0.1) is 0 Å². The van der Waals surface area contributed by atoms with Crippen molar-refractivity contribution >= 4 is 23.6 Å². The number of carboxylic acid groups (broad SMARTS) is 2. The summed E-state index contributed by atoms with van der Waals surface area (Å²) in [6.45, 7) is 11.4. The third-order valence-electron chi connectivity index (χ3n) is 6.19. The minimum absolute atomic E-state index is 0.363. The van der Waals surface area contributed by atoms with Crippen molar-refractivity contribution < 1.29 is 38.8 Å². The number of likely N-dealkylation sites (N-methyl/N-ethyl adjacent to an activating group) is 4. The second kappa shape index (κ2) is 11.0. The van der Waals surface area contributed by atoms with Gasteiger partial charge in [0.1, 0.15) is 27.2 Å². The summed E-state index contributed by atoms with van der Waals surface area (Å²) in [6, 6.07) is 6.59. The number of benzene rings is 1. The molecule has 2 heterocycles. The maximum atomic E-state index is 10.3. The molecule has 0 radical (unpaired) electrons. The number of aromatic carboxylic acids is 2. The van der Waals surface area contributed by atoms with Crippen LogP contribution in [0.3, 0.4) is 0 Å². The molecule has 8 nitrogen and oxygen atoms in total. The number of nitrogens with one attached hydrogen (secondary N) is 2. The molecule has 1 aromatic carbocycles. The largest absolute Gasteiger partial charge is 0.545 e. The molecule has 3 rings (SSSR count). The molecule has 0 spiro atoms. The van der Waals surface area contributed by atoms with Gasteiger partial charge in [-0.25, -0.2) is 9.80 Å². The highest BCUT2D eigenvalue weighted by Gasteiger charge is 2.32. The van der Waals surface area contributed by atoms with Crippen molar-refractivity contribution in [3.05, 3.63) is 35.4 Å². The number of carbonyl (C=O) groups excluding carboxylic acids is 2. The number of rotatable bonds is 2. The first-order chi connectivity index (χ1) is 13.9. The zero-order valence-electron chi connectivity index (χ0n) is 19.4. The molecule has 2 N–H and O–H groups in total. The van der Waals surface area contributed by atoms with Gasteiger partial charge in [-0.2, -0.15) is 9.15 Å². The van der Waals surface area contributed by atoms with E-state index in [4.69, 9.17) is 0 Å². The van der Waals surface area contributed by atoms with Crippen molar-refractivity contribution in [1.29, 1.82) is 0 Å². The maximum absolute atomic E-state index is 10.3. The molecule has 0 bridgehead atoms. The highest BCUT2D eigenvalue weighted by molar-refractivity contribution is 5.99. The second-order valence-electron chi connectivity index (χ2n) is 8.18. The Morgan fingerprint density at radius 3 is 1.27 bits per heavy atom. The van der Waals surface area contributed by atoms with Gasteiger partial charge in [-0.1, -0.05) is 24.3 Å². The van der Waals surface area contributed by atoms with E-state index in [1.807, 2.05) is 0 Å². The van der Waals surface area contributed by atoms with Gasteiger partial charge in [-0.05, 0) is 0 Å². The zero-order chi connectivity index (χ0) is 23.2. The molecule has 1 aromatic rings. The SMILES string of the molecule is CC1=[N+](C)C(C)C[NH+]1C.CC1=[N+](C)C(C)C[NH+]1C.O=C([O-])c1ccccc1C(=O)[O-]. The summed E-state index contributed by atoms with van der Waals surface area (Å²) in [7, 11) is 8.76. The Morgan fingerprint density at radius 2 is 1.13 bits per heavy atom. The van der Waals surface area contributed by atoms with Gasteiger partial charge < -0.3 is 19.8 Å². The quantitative estimate of drug-likeness (QED) is 0.482. The smallest absolute Gasteiger partial charge is 0.333 e. The maximum Gasteiger partial charge on any atom is 0.333 e. The average Bonchev–Trinajstić information content (AvgIpc) is 3.05. The van der Waals surface area contributed by atoms with E-state index in [0.29, 0.717) is 0 Å². The van der Waals surface area contributed by atoms with Crippen LogP contribution in [0.25, 0.3) is 0 Å². The molecule has 0 aliphatic carbocycles. The number of carboxylic acids is 2. The number of nitrogens with zero attached hydrogens (tertiary/aromatic N) is 2. The summed E-state index contributed by atoms with van der Waals surface area (Å²) in [6.07, 6.45) is 0. The van der Waals surface area contributed by atoms with E-state index in [9.17, 15) is 19.8 Å². The lowest BCUT2D eigenvalue weighted by molar-refractivity contribution is -0.779. The standard InChI is InChI=1S/C8H6O4.2C7H15N2/c9-7(10)5-3-1-2-4-6(5)8(11)12;2*1-6-5-8(3)7(2)9(6)4/h1-4H,(H,9,10)(H,11,12);2*6H,5H2,1-4H3/q;2*+1. The molecule has 0 amide bonds. The number of hydrogen-bond donors (Lipinski definition) is 2. The highest BCUT2D eigenvalue weighted by atomic mass is 16.4. The fraction of sp³-hybridized carbons (Fsp3) is 0.545. The molecule has 166 valence electrons. The van der Waals surface area contributed by atoms with Crippen LogP contribution < -0.4 is 20.0 Å². The summed E-state index contributed by atoms with van der Waals surface area (Å²) in [5.41, 5.74) is -0.727. The predicted octanol–water partition coefficient (Wildman–Crippen LogP) is -3.66. The first kappa shape index (κ1) is 25.5. The minimum Gasteiger partial charge on any atom is -0.545 e. The van der Waals surface area contributed by atoms with E-state index in [1.54, 1.807) is 9.80 Å². The second-order valence-corrected chi connectivity index (χ2v) is 8.18. The van der Waals surface area contributed by atoms with E-state index in [-0.39, 0.29) is 11.1 Å². The summed E-state index contributed by atoms with van der Waals surface area (Å²) in [4.78, 5) is 23.7. The molecular weight excluding hydrogens is 384 g/mol. The summed E-state index contributed by atoms with van der Waals surface area (Å²) in [5.74, 6) is -0.116. The average molecular weight is 421 g/mol. The number of quaternary nitrogens is 2. The zero-order valence-corrected chi connectivity index (χ0v) is 19.4. The molecule has 0 fully saturated rings. The van der Waals surface area contributed by atoms with Crippen LogP contribution in [0.2, 0.25) is 0 Å². The van der Waals surface area contributed by atoms with Crippen LogP contribution in [0.15, 0.2) is 24.3 Å². The third kappa shape index (κ3) is 6.47. The van der Waals surface area contributed by atoms with Crippen LogP contribution in [0.1, 0.15) is 48.4 Å². The molecule has 0 saturated carbocycles. The van der Waals surface area contributed by atoms with Crippen LogP contribution in [0.4, 0.5) is 0 Å². The Bertz CT molecular complexity index is 746. The van der Waals surface area contributed by atoms with E-state index in [0.717, 1.165) is 24.2 Å². The fourth-order valence-corrected chi connectivity index (χ4v) is 3.56. The molecule has 0 saturated heterocycles. The lowest BCUT2D eigenvalue weighted by Gasteiger charge is -2.09.